The minimum atomic E-state index is -0.966. The van der Waals surface area contributed by atoms with Gasteiger partial charge in [0.1, 0.15) is 5.82 Å². The Labute approximate surface area is 207 Å². The zero-order valence-corrected chi connectivity index (χ0v) is 19.9. The number of carbonyl (C=O) groups excluding carboxylic acids is 3. The number of likely N-dealkylation sites (N-methyl/N-ethyl adjacent to an activating group) is 1. The summed E-state index contributed by atoms with van der Waals surface area (Å²) in [5.74, 6) is -1.04. The summed E-state index contributed by atoms with van der Waals surface area (Å²) < 4.78 is 24.5. The molecule has 0 aliphatic carbocycles. The molecule has 0 spiro atoms. The Morgan fingerprint density at radius 3 is 2.53 bits per heavy atom. The number of cyclic esters (lactones) is 1. The third-order valence-corrected chi connectivity index (χ3v) is 5.70. The van der Waals surface area contributed by atoms with Gasteiger partial charge >= 0.3 is 6.09 Å². The number of amides is 3. The van der Waals surface area contributed by atoms with Crippen LogP contribution in [0.4, 0.5) is 14.9 Å². The van der Waals surface area contributed by atoms with Crippen molar-refractivity contribution in [1.82, 2.24) is 15.1 Å². The lowest BCUT2D eigenvalue weighted by Crippen LogP contribution is -2.47. The van der Waals surface area contributed by atoms with Crippen molar-refractivity contribution in [3.05, 3.63) is 89.6 Å². The molecular weight excluding hydrogens is 467 g/mol. The standard InChI is InChI=1S/C26H27FN4O5/c1-30(2)13-12-28-25(33)22-23(36-26(34)31(22)16-17-5-3-6-19(27)15-17)18-8-10-20(11-9-18)29-24(32)21-7-4-14-35-21/h3-11,14-15,22-23H,12-13,16H2,1-2H3,(H,28,33)(H,29,32). The van der Waals surface area contributed by atoms with E-state index in [9.17, 15) is 18.8 Å². The average molecular weight is 495 g/mol. The van der Waals surface area contributed by atoms with Gasteiger partial charge < -0.3 is 24.7 Å². The number of ether oxygens (including phenoxy) is 1. The fourth-order valence-corrected chi connectivity index (χ4v) is 3.91. The van der Waals surface area contributed by atoms with Crippen LogP contribution in [-0.4, -0.2) is 60.9 Å². The van der Waals surface area contributed by atoms with Crippen LogP contribution in [0.2, 0.25) is 0 Å². The minimum absolute atomic E-state index is 0.0101. The summed E-state index contributed by atoms with van der Waals surface area (Å²) in [5.41, 5.74) is 1.62. The van der Waals surface area contributed by atoms with Crippen molar-refractivity contribution < 1.29 is 27.9 Å². The minimum Gasteiger partial charge on any atom is -0.459 e. The second-order valence-corrected chi connectivity index (χ2v) is 8.65. The van der Waals surface area contributed by atoms with Gasteiger partial charge in [-0.2, -0.15) is 0 Å². The fraction of sp³-hybridized carbons (Fsp3) is 0.269. The second kappa shape index (κ2) is 11.0. The highest BCUT2D eigenvalue weighted by atomic mass is 19.1. The molecule has 1 saturated heterocycles. The first-order valence-electron chi connectivity index (χ1n) is 11.4. The van der Waals surface area contributed by atoms with Crippen LogP contribution in [0.3, 0.4) is 0 Å². The van der Waals surface area contributed by atoms with E-state index in [1.807, 2.05) is 19.0 Å². The van der Waals surface area contributed by atoms with Crippen LogP contribution in [-0.2, 0) is 16.1 Å². The van der Waals surface area contributed by atoms with E-state index in [1.165, 1.54) is 23.3 Å². The summed E-state index contributed by atoms with van der Waals surface area (Å²) in [6, 6.07) is 14.7. The zero-order valence-electron chi connectivity index (χ0n) is 19.9. The molecule has 10 heteroatoms. The van der Waals surface area contributed by atoms with Gasteiger partial charge in [0.25, 0.3) is 5.91 Å². The van der Waals surface area contributed by atoms with Gasteiger partial charge in [0.2, 0.25) is 5.91 Å². The van der Waals surface area contributed by atoms with E-state index in [0.717, 1.165) is 0 Å². The van der Waals surface area contributed by atoms with Crippen molar-refractivity contribution in [2.45, 2.75) is 18.7 Å². The van der Waals surface area contributed by atoms with Crippen LogP contribution in [0.1, 0.15) is 27.8 Å². The number of nitrogens with zero attached hydrogens (tertiary/aromatic N) is 2. The summed E-state index contributed by atoms with van der Waals surface area (Å²) in [5, 5.41) is 5.58. The fourth-order valence-electron chi connectivity index (χ4n) is 3.91. The molecule has 36 heavy (non-hydrogen) atoms. The molecule has 0 radical (unpaired) electrons. The van der Waals surface area contributed by atoms with Crippen LogP contribution >= 0.6 is 0 Å². The quantitative estimate of drug-likeness (QED) is 0.473. The molecule has 2 aromatic carbocycles. The van der Waals surface area contributed by atoms with Crippen molar-refractivity contribution in [1.29, 1.82) is 0 Å². The zero-order chi connectivity index (χ0) is 25.7. The lowest BCUT2D eigenvalue weighted by Gasteiger charge is -2.24. The van der Waals surface area contributed by atoms with Gasteiger partial charge in [0.05, 0.1) is 12.8 Å². The van der Waals surface area contributed by atoms with Crippen molar-refractivity contribution in [2.24, 2.45) is 0 Å². The van der Waals surface area contributed by atoms with E-state index < -0.39 is 30.0 Å². The summed E-state index contributed by atoms with van der Waals surface area (Å²) in [7, 11) is 3.78. The summed E-state index contributed by atoms with van der Waals surface area (Å²) in [6.45, 7) is 1.01. The summed E-state index contributed by atoms with van der Waals surface area (Å²) in [6.07, 6.45) is -0.154. The number of anilines is 1. The SMILES string of the molecule is CN(C)CCNC(=O)C1C(c2ccc(NC(=O)c3ccco3)cc2)OC(=O)N1Cc1cccc(F)c1. The number of rotatable bonds is 9. The molecule has 9 nitrogen and oxygen atoms in total. The molecular formula is C26H27FN4O5. The lowest BCUT2D eigenvalue weighted by molar-refractivity contribution is -0.126. The Bertz CT molecular complexity index is 1210. The van der Waals surface area contributed by atoms with Gasteiger partial charge in [-0.3, -0.25) is 14.5 Å². The molecule has 0 saturated carbocycles. The second-order valence-electron chi connectivity index (χ2n) is 8.65. The number of benzene rings is 2. The third-order valence-electron chi connectivity index (χ3n) is 5.70. The molecule has 188 valence electrons. The van der Waals surface area contributed by atoms with Crippen LogP contribution in [0.25, 0.3) is 0 Å². The van der Waals surface area contributed by atoms with E-state index in [0.29, 0.717) is 29.9 Å². The van der Waals surface area contributed by atoms with Crippen LogP contribution in [0, 0.1) is 5.82 Å². The van der Waals surface area contributed by atoms with E-state index in [-0.39, 0.29) is 18.2 Å². The number of hydrogen-bond donors (Lipinski definition) is 2. The topological polar surface area (TPSA) is 104 Å². The molecule has 2 N–H and O–H groups in total. The largest absolute Gasteiger partial charge is 0.459 e. The normalized spacial score (nSPS) is 17.2. The average Bonchev–Trinajstić information content (AvgIpc) is 3.48. The Balaban J connectivity index is 1.54. The first kappa shape index (κ1) is 24.9. The van der Waals surface area contributed by atoms with Gasteiger partial charge in [0, 0.05) is 18.8 Å². The van der Waals surface area contributed by atoms with Gasteiger partial charge in [0.15, 0.2) is 17.9 Å². The number of hydrogen-bond acceptors (Lipinski definition) is 6. The van der Waals surface area contributed by atoms with Gasteiger partial charge in [-0.25, -0.2) is 9.18 Å². The molecule has 2 atom stereocenters. The Morgan fingerprint density at radius 1 is 1.08 bits per heavy atom. The highest BCUT2D eigenvalue weighted by molar-refractivity contribution is 6.02. The number of nitrogens with one attached hydrogen (secondary N) is 2. The molecule has 1 aromatic heterocycles. The van der Waals surface area contributed by atoms with E-state index in [1.54, 1.807) is 48.5 Å². The first-order chi connectivity index (χ1) is 17.3. The number of halogens is 1. The summed E-state index contributed by atoms with van der Waals surface area (Å²) >= 11 is 0. The smallest absolute Gasteiger partial charge is 0.411 e. The maximum atomic E-state index is 13.7. The number of carbonyl (C=O) groups is 3. The molecule has 1 fully saturated rings. The van der Waals surface area contributed by atoms with E-state index in [2.05, 4.69) is 10.6 Å². The predicted octanol–water partition coefficient (Wildman–Crippen LogP) is 3.41. The van der Waals surface area contributed by atoms with Crippen molar-refractivity contribution in [2.75, 3.05) is 32.5 Å². The van der Waals surface area contributed by atoms with Gasteiger partial charge in [-0.1, -0.05) is 24.3 Å². The van der Waals surface area contributed by atoms with Gasteiger partial charge in [-0.05, 0) is 61.6 Å². The predicted molar refractivity (Wildman–Crippen MR) is 130 cm³/mol. The van der Waals surface area contributed by atoms with Crippen molar-refractivity contribution >= 4 is 23.6 Å². The molecule has 1 aliphatic heterocycles. The lowest BCUT2D eigenvalue weighted by atomic mass is 10.00. The summed E-state index contributed by atoms with van der Waals surface area (Å²) in [4.78, 5) is 41.5. The molecule has 1 aliphatic rings. The first-order valence-corrected chi connectivity index (χ1v) is 11.4. The molecule has 2 heterocycles. The van der Waals surface area contributed by atoms with Crippen LogP contribution < -0.4 is 10.6 Å². The van der Waals surface area contributed by atoms with Crippen LogP contribution in [0.15, 0.2) is 71.3 Å². The van der Waals surface area contributed by atoms with E-state index >= 15 is 0 Å². The number of furan rings is 1. The Kier molecular flexibility index (Phi) is 7.65. The monoisotopic (exact) mass is 494 g/mol. The molecule has 2 unspecified atom stereocenters. The molecule has 3 aromatic rings. The highest BCUT2D eigenvalue weighted by Gasteiger charge is 2.46. The Hall–Kier alpha value is -4.18. The molecule has 4 rings (SSSR count). The molecule has 3 amide bonds. The maximum absolute atomic E-state index is 13.7. The van der Waals surface area contributed by atoms with Gasteiger partial charge in [-0.15, -0.1) is 0 Å². The van der Waals surface area contributed by atoms with E-state index in [4.69, 9.17) is 9.15 Å². The Morgan fingerprint density at radius 2 is 1.86 bits per heavy atom. The maximum Gasteiger partial charge on any atom is 0.411 e. The van der Waals surface area contributed by atoms with Crippen LogP contribution in [0.5, 0.6) is 0 Å². The van der Waals surface area contributed by atoms with Crippen molar-refractivity contribution in [3.8, 4) is 0 Å². The third kappa shape index (κ3) is 5.89. The van der Waals surface area contributed by atoms with Crippen molar-refractivity contribution in [3.63, 3.8) is 0 Å². The highest BCUT2D eigenvalue weighted by Crippen LogP contribution is 2.34. The molecule has 0 bridgehead atoms.